The van der Waals surface area contributed by atoms with Crippen LogP contribution in [0.15, 0.2) is 35.1 Å². The van der Waals surface area contributed by atoms with Crippen molar-refractivity contribution in [2.45, 2.75) is 32.6 Å². The number of carbonyl (C=O) groups excluding carboxylic acids is 1. The van der Waals surface area contributed by atoms with Crippen LogP contribution < -0.4 is 5.32 Å². The largest absolute Gasteiger partial charge is 0.339 e. The number of carbonyl (C=O) groups is 1. The van der Waals surface area contributed by atoms with E-state index in [4.69, 9.17) is 4.52 Å². The summed E-state index contributed by atoms with van der Waals surface area (Å²) in [5.41, 5.74) is 2.15. The Bertz CT molecular complexity index is 792. The number of amides is 1. The molecule has 8 nitrogen and oxygen atoms in total. The number of H-pyrrole nitrogens is 1. The molecule has 1 aromatic carbocycles. The Morgan fingerprint density at radius 3 is 2.75 bits per heavy atom. The van der Waals surface area contributed by atoms with Crippen LogP contribution in [0.2, 0.25) is 0 Å². The van der Waals surface area contributed by atoms with Crippen molar-refractivity contribution in [1.82, 2.24) is 25.3 Å². The monoisotopic (exact) mass is 326 g/mol. The van der Waals surface area contributed by atoms with Crippen molar-refractivity contribution in [2.24, 2.45) is 0 Å². The third-order valence-electron chi connectivity index (χ3n) is 3.54. The van der Waals surface area contributed by atoms with Gasteiger partial charge in [-0.1, -0.05) is 43.3 Å². The lowest BCUT2D eigenvalue weighted by molar-refractivity contribution is -0.116. The lowest BCUT2D eigenvalue weighted by Gasteiger charge is -2.04. The molecule has 0 aliphatic rings. The minimum absolute atomic E-state index is 0.201. The Balaban J connectivity index is 1.58. The second kappa shape index (κ2) is 7.03. The lowest BCUT2D eigenvalue weighted by atomic mass is 10.0. The molecule has 0 radical (unpaired) electrons. The van der Waals surface area contributed by atoms with E-state index in [0.29, 0.717) is 30.0 Å². The van der Waals surface area contributed by atoms with E-state index in [2.05, 4.69) is 56.6 Å². The second-order valence-electron chi connectivity index (χ2n) is 5.67. The van der Waals surface area contributed by atoms with Crippen LogP contribution in [0.4, 0.5) is 5.95 Å². The molecule has 0 saturated carbocycles. The van der Waals surface area contributed by atoms with Crippen molar-refractivity contribution < 1.29 is 9.32 Å². The van der Waals surface area contributed by atoms with E-state index in [-0.39, 0.29) is 12.3 Å². The van der Waals surface area contributed by atoms with Gasteiger partial charge in [-0.15, -0.1) is 0 Å². The fourth-order valence-electron chi connectivity index (χ4n) is 2.17. The second-order valence-corrected chi connectivity index (χ2v) is 5.67. The lowest BCUT2D eigenvalue weighted by Crippen LogP contribution is -2.13. The highest BCUT2D eigenvalue weighted by Gasteiger charge is 2.12. The first kappa shape index (κ1) is 15.9. The highest BCUT2D eigenvalue weighted by atomic mass is 16.5. The van der Waals surface area contributed by atoms with Crippen molar-refractivity contribution in [3.63, 3.8) is 0 Å². The smallest absolute Gasteiger partial charge is 0.227 e. The zero-order valence-electron chi connectivity index (χ0n) is 13.5. The number of benzene rings is 1. The summed E-state index contributed by atoms with van der Waals surface area (Å²) in [5.74, 6) is 1.54. The summed E-state index contributed by atoms with van der Waals surface area (Å²) in [6.07, 6.45) is 1.90. The van der Waals surface area contributed by atoms with E-state index >= 15 is 0 Å². The number of hydrogen-bond donors (Lipinski definition) is 2. The maximum absolute atomic E-state index is 11.8. The van der Waals surface area contributed by atoms with Gasteiger partial charge in [0, 0.05) is 18.4 Å². The molecule has 8 heteroatoms. The minimum atomic E-state index is -0.201. The van der Waals surface area contributed by atoms with Crippen molar-refractivity contribution in [3.05, 3.63) is 42.0 Å². The number of hydrogen-bond acceptors (Lipinski definition) is 6. The molecule has 0 atom stereocenters. The van der Waals surface area contributed by atoms with Crippen LogP contribution >= 0.6 is 0 Å². The molecule has 1 amide bonds. The van der Waals surface area contributed by atoms with Crippen molar-refractivity contribution in [3.8, 4) is 11.4 Å². The average Bonchev–Trinajstić information content (AvgIpc) is 3.24. The van der Waals surface area contributed by atoms with E-state index in [1.54, 1.807) is 0 Å². The predicted molar refractivity (Wildman–Crippen MR) is 87.2 cm³/mol. The molecular formula is C16H18N6O2. The maximum Gasteiger partial charge on any atom is 0.227 e. The van der Waals surface area contributed by atoms with Gasteiger partial charge in [0.25, 0.3) is 0 Å². The minimum Gasteiger partial charge on any atom is -0.339 e. The number of aromatic amines is 1. The van der Waals surface area contributed by atoms with Crippen molar-refractivity contribution in [2.75, 3.05) is 5.32 Å². The van der Waals surface area contributed by atoms with Gasteiger partial charge in [0.05, 0.1) is 0 Å². The summed E-state index contributed by atoms with van der Waals surface area (Å²) >= 11 is 0. The molecule has 0 fully saturated rings. The first-order valence-corrected chi connectivity index (χ1v) is 7.70. The van der Waals surface area contributed by atoms with Crippen LogP contribution in [-0.2, 0) is 11.2 Å². The molecule has 3 aromatic rings. The van der Waals surface area contributed by atoms with Gasteiger partial charge in [-0.2, -0.15) is 15.1 Å². The van der Waals surface area contributed by atoms with Crippen LogP contribution in [0.1, 0.15) is 37.6 Å². The summed E-state index contributed by atoms with van der Waals surface area (Å²) in [6, 6.07) is 8.06. The molecule has 2 aromatic heterocycles. The van der Waals surface area contributed by atoms with Crippen molar-refractivity contribution >= 4 is 11.9 Å². The summed E-state index contributed by atoms with van der Waals surface area (Å²) in [4.78, 5) is 19.9. The van der Waals surface area contributed by atoms with E-state index in [9.17, 15) is 4.79 Å². The van der Waals surface area contributed by atoms with Gasteiger partial charge in [0.15, 0.2) is 0 Å². The average molecular weight is 326 g/mol. The molecule has 0 unspecified atom stereocenters. The first-order chi connectivity index (χ1) is 11.6. The molecule has 2 N–H and O–H groups in total. The van der Waals surface area contributed by atoms with Gasteiger partial charge in [-0.25, -0.2) is 5.10 Å². The molecule has 0 aliphatic carbocycles. The third kappa shape index (κ3) is 3.83. The number of aromatic nitrogens is 5. The molecular weight excluding hydrogens is 308 g/mol. The molecule has 2 heterocycles. The van der Waals surface area contributed by atoms with Gasteiger partial charge in [-0.05, 0) is 11.5 Å². The molecule has 0 saturated heterocycles. The maximum atomic E-state index is 11.8. The normalized spacial score (nSPS) is 11.0. The van der Waals surface area contributed by atoms with Gasteiger partial charge < -0.3 is 4.52 Å². The summed E-state index contributed by atoms with van der Waals surface area (Å²) in [5, 5.41) is 12.8. The number of nitrogens with one attached hydrogen (secondary N) is 2. The Kier molecular flexibility index (Phi) is 4.64. The summed E-state index contributed by atoms with van der Waals surface area (Å²) in [6.45, 7) is 4.29. The molecule has 24 heavy (non-hydrogen) atoms. The van der Waals surface area contributed by atoms with Gasteiger partial charge in [-0.3, -0.25) is 10.1 Å². The van der Waals surface area contributed by atoms with Crippen LogP contribution in [0.25, 0.3) is 11.4 Å². The molecule has 0 spiro atoms. The highest BCUT2D eigenvalue weighted by molar-refractivity contribution is 5.88. The summed E-state index contributed by atoms with van der Waals surface area (Å²) < 4.78 is 5.21. The van der Waals surface area contributed by atoms with Crippen LogP contribution in [0.5, 0.6) is 0 Å². The highest BCUT2D eigenvalue weighted by Crippen LogP contribution is 2.20. The number of anilines is 1. The standard InChI is InChI=1S/C16H18N6O2/c1-10(2)11-3-5-12(6-4-11)15-20-14(24-22-15)8-7-13(23)19-16-17-9-18-21-16/h3-6,9-10H,7-8H2,1-2H3,(H2,17,18,19,21,23). The van der Waals surface area contributed by atoms with Gasteiger partial charge in [0.2, 0.25) is 23.6 Å². The summed E-state index contributed by atoms with van der Waals surface area (Å²) in [7, 11) is 0. The van der Waals surface area contributed by atoms with Gasteiger partial charge in [0.1, 0.15) is 6.33 Å². The van der Waals surface area contributed by atoms with Gasteiger partial charge >= 0.3 is 0 Å². The molecule has 3 rings (SSSR count). The van der Waals surface area contributed by atoms with E-state index in [0.717, 1.165) is 5.56 Å². The van der Waals surface area contributed by atoms with Crippen LogP contribution in [0, 0.1) is 0 Å². The van der Waals surface area contributed by atoms with E-state index < -0.39 is 0 Å². The fourth-order valence-corrected chi connectivity index (χ4v) is 2.17. The molecule has 0 aliphatic heterocycles. The first-order valence-electron chi connectivity index (χ1n) is 7.70. The zero-order chi connectivity index (χ0) is 16.9. The van der Waals surface area contributed by atoms with Crippen molar-refractivity contribution in [1.29, 1.82) is 0 Å². The molecule has 124 valence electrons. The SMILES string of the molecule is CC(C)c1ccc(-c2noc(CCC(=O)Nc3ncn[nH]3)n2)cc1. The zero-order valence-corrected chi connectivity index (χ0v) is 13.5. The number of aryl methyl sites for hydroxylation is 1. The Labute approximate surface area is 138 Å². The quantitative estimate of drug-likeness (QED) is 0.720. The number of nitrogens with zero attached hydrogens (tertiary/aromatic N) is 4. The topological polar surface area (TPSA) is 110 Å². The Hall–Kier alpha value is -3.03. The Morgan fingerprint density at radius 1 is 1.29 bits per heavy atom. The van der Waals surface area contributed by atoms with Crippen LogP contribution in [-0.4, -0.2) is 31.2 Å². The van der Waals surface area contributed by atoms with E-state index in [1.807, 2.05) is 12.1 Å². The third-order valence-corrected chi connectivity index (χ3v) is 3.54. The van der Waals surface area contributed by atoms with Crippen LogP contribution in [0.3, 0.4) is 0 Å². The number of rotatable bonds is 6. The predicted octanol–water partition coefficient (Wildman–Crippen LogP) is 2.55. The molecule has 0 bridgehead atoms. The fraction of sp³-hybridized carbons (Fsp3) is 0.312. The van der Waals surface area contributed by atoms with E-state index in [1.165, 1.54) is 11.9 Å². The Morgan fingerprint density at radius 2 is 2.08 bits per heavy atom.